The van der Waals surface area contributed by atoms with Gasteiger partial charge in [0.2, 0.25) is 0 Å². The van der Waals surface area contributed by atoms with E-state index in [1.54, 1.807) is 43.5 Å². The monoisotopic (exact) mass is 484 g/mol. The van der Waals surface area contributed by atoms with Crippen molar-refractivity contribution in [3.05, 3.63) is 87.3 Å². The van der Waals surface area contributed by atoms with Gasteiger partial charge in [0, 0.05) is 17.8 Å². The Kier molecular flexibility index (Phi) is 6.50. The molecule has 1 aromatic carbocycles. The molecule has 1 amide bonds. The number of carbonyl (C=O) groups is 2. The van der Waals surface area contributed by atoms with Gasteiger partial charge >= 0.3 is 5.97 Å². The van der Waals surface area contributed by atoms with E-state index in [9.17, 15) is 14.4 Å². The number of rotatable bonds is 4. The molecule has 0 radical (unpaired) electrons. The van der Waals surface area contributed by atoms with Crippen molar-refractivity contribution in [3.63, 3.8) is 0 Å². The smallest absolute Gasteiger partial charge is 0.341 e. The first-order chi connectivity index (χ1) is 17.5. The van der Waals surface area contributed by atoms with E-state index in [4.69, 9.17) is 9.72 Å². The van der Waals surface area contributed by atoms with Crippen LogP contribution < -0.4 is 11.0 Å². The average molecular weight is 485 g/mol. The van der Waals surface area contributed by atoms with Crippen molar-refractivity contribution >= 4 is 28.6 Å². The molecule has 1 saturated carbocycles. The van der Waals surface area contributed by atoms with Gasteiger partial charge in [-0.2, -0.15) is 4.99 Å². The molecule has 8 heteroatoms. The Morgan fingerprint density at radius 1 is 1.08 bits per heavy atom. The molecule has 1 aliphatic carbocycles. The lowest BCUT2D eigenvalue weighted by atomic mass is 9.94. The highest BCUT2D eigenvalue weighted by atomic mass is 16.5. The van der Waals surface area contributed by atoms with Crippen LogP contribution in [-0.2, 0) is 4.74 Å². The second-order valence-electron chi connectivity index (χ2n) is 9.13. The number of ether oxygens (including phenoxy) is 1. The van der Waals surface area contributed by atoms with Crippen LogP contribution in [0, 0.1) is 6.92 Å². The van der Waals surface area contributed by atoms with Crippen LogP contribution in [0.3, 0.4) is 0 Å². The Morgan fingerprint density at radius 2 is 1.89 bits per heavy atom. The highest BCUT2D eigenvalue weighted by Gasteiger charge is 2.25. The van der Waals surface area contributed by atoms with Crippen LogP contribution in [-0.4, -0.2) is 32.4 Å². The number of pyridine rings is 2. The van der Waals surface area contributed by atoms with E-state index in [2.05, 4.69) is 4.99 Å². The third-order valence-corrected chi connectivity index (χ3v) is 6.64. The Morgan fingerprint density at radius 3 is 2.64 bits per heavy atom. The fourth-order valence-electron chi connectivity index (χ4n) is 4.94. The first-order valence-electron chi connectivity index (χ1n) is 12.4. The summed E-state index contributed by atoms with van der Waals surface area (Å²) in [5.74, 6) is -1.09. The third kappa shape index (κ3) is 4.34. The van der Waals surface area contributed by atoms with E-state index in [0.29, 0.717) is 16.9 Å². The minimum atomic E-state index is -0.627. The number of fused-ring (bicyclic) bond motifs is 2. The molecule has 184 valence electrons. The van der Waals surface area contributed by atoms with Gasteiger partial charge in [-0.1, -0.05) is 43.0 Å². The molecule has 0 aliphatic heterocycles. The minimum absolute atomic E-state index is 0.0576. The van der Waals surface area contributed by atoms with Crippen molar-refractivity contribution in [2.45, 2.75) is 52.0 Å². The van der Waals surface area contributed by atoms with Gasteiger partial charge < -0.3 is 9.30 Å². The molecule has 3 aromatic heterocycles. The van der Waals surface area contributed by atoms with Gasteiger partial charge in [-0.25, -0.2) is 9.78 Å². The summed E-state index contributed by atoms with van der Waals surface area (Å²) in [7, 11) is 0. The summed E-state index contributed by atoms with van der Waals surface area (Å²) in [6, 6.07) is 13.9. The molecule has 5 rings (SSSR count). The van der Waals surface area contributed by atoms with Crippen molar-refractivity contribution < 1.29 is 14.3 Å². The summed E-state index contributed by atoms with van der Waals surface area (Å²) in [5.41, 5.74) is 2.24. The summed E-state index contributed by atoms with van der Waals surface area (Å²) in [5, 5.41) is 0.286. The predicted molar refractivity (Wildman–Crippen MR) is 136 cm³/mol. The van der Waals surface area contributed by atoms with E-state index in [-0.39, 0.29) is 34.6 Å². The molecule has 36 heavy (non-hydrogen) atoms. The van der Waals surface area contributed by atoms with E-state index >= 15 is 0 Å². The average Bonchev–Trinajstić information content (AvgIpc) is 2.89. The summed E-state index contributed by atoms with van der Waals surface area (Å²) in [4.78, 5) is 49.3. The zero-order chi connectivity index (χ0) is 25.2. The summed E-state index contributed by atoms with van der Waals surface area (Å²) < 4.78 is 8.63. The van der Waals surface area contributed by atoms with Gasteiger partial charge in [-0.15, -0.1) is 0 Å². The number of nitrogens with zero attached hydrogens (tertiary/aromatic N) is 4. The standard InChI is InChI=1S/C28H28N4O4/c1-3-36-28(35)22-17-21-24(29-23-14-7-8-15-31(23)27(21)34)32(20-12-5-4-6-13-20)25(22)30-26(33)19-11-9-10-18(2)16-19/h7-11,14-17,20H,3-6,12-13H2,1-2H3. The number of hydrogen-bond acceptors (Lipinski definition) is 5. The van der Waals surface area contributed by atoms with Crippen LogP contribution in [0.25, 0.3) is 16.7 Å². The molecule has 0 saturated heterocycles. The molecule has 0 unspecified atom stereocenters. The fourth-order valence-corrected chi connectivity index (χ4v) is 4.94. The number of aryl methyl sites for hydroxylation is 1. The normalized spacial score (nSPS) is 14.9. The van der Waals surface area contributed by atoms with E-state index in [0.717, 1.165) is 37.7 Å². The Hall–Kier alpha value is -4.07. The number of esters is 1. The molecular weight excluding hydrogens is 456 g/mol. The summed E-state index contributed by atoms with van der Waals surface area (Å²) in [6.07, 6.45) is 6.44. The maximum absolute atomic E-state index is 13.5. The van der Waals surface area contributed by atoms with Crippen molar-refractivity contribution in [2.75, 3.05) is 6.61 Å². The quantitative estimate of drug-likeness (QED) is 0.316. The van der Waals surface area contributed by atoms with Gasteiger partial charge in [-0.3, -0.25) is 14.0 Å². The maximum atomic E-state index is 13.5. The highest BCUT2D eigenvalue weighted by molar-refractivity contribution is 5.97. The van der Waals surface area contributed by atoms with Crippen molar-refractivity contribution in [1.29, 1.82) is 0 Å². The molecule has 0 atom stereocenters. The SMILES string of the molecule is CCOC(=O)c1cc2c(=O)n3ccccc3nc2n(C2CCCCC2)c1=NC(=O)c1cccc(C)c1. The van der Waals surface area contributed by atoms with Crippen LogP contribution in [0.4, 0.5) is 0 Å². The molecule has 3 heterocycles. The lowest BCUT2D eigenvalue weighted by Gasteiger charge is -2.27. The van der Waals surface area contributed by atoms with Crippen LogP contribution >= 0.6 is 0 Å². The number of carbonyl (C=O) groups excluding carboxylic acids is 2. The third-order valence-electron chi connectivity index (χ3n) is 6.64. The fraction of sp³-hybridized carbons (Fsp3) is 0.321. The Labute approximate surface area is 207 Å². The van der Waals surface area contributed by atoms with E-state index in [1.807, 2.05) is 23.6 Å². The molecule has 1 fully saturated rings. The zero-order valence-electron chi connectivity index (χ0n) is 20.4. The lowest BCUT2D eigenvalue weighted by molar-refractivity contribution is 0.0523. The van der Waals surface area contributed by atoms with E-state index in [1.165, 1.54) is 10.5 Å². The van der Waals surface area contributed by atoms with Crippen LogP contribution in [0.5, 0.6) is 0 Å². The van der Waals surface area contributed by atoms with Crippen molar-refractivity contribution in [1.82, 2.24) is 14.0 Å². The van der Waals surface area contributed by atoms with Gasteiger partial charge in [0.1, 0.15) is 16.9 Å². The van der Waals surface area contributed by atoms with Crippen molar-refractivity contribution in [3.8, 4) is 0 Å². The van der Waals surface area contributed by atoms with Crippen LogP contribution in [0.2, 0.25) is 0 Å². The molecule has 4 aromatic rings. The highest BCUT2D eigenvalue weighted by Crippen LogP contribution is 2.29. The Bertz CT molecular complexity index is 1610. The summed E-state index contributed by atoms with van der Waals surface area (Å²) in [6.45, 7) is 3.77. The molecular formula is C28H28N4O4. The van der Waals surface area contributed by atoms with Gasteiger partial charge in [0.15, 0.2) is 5.49 Å². The first kappa shape index (κ1) is 23.7. The van der Waals surface area contributed by atoms with Crippen molar-refractivity contribution in [2.24, 2.45) is 4.99 Å². The lowest BCUT2D eigenvalue weighted by Crippen LogP contribution is -2.35. The summed E-state index contributed by atoms with van der Waals surface area (Å²) >= 11 is 0. The topological polar surface area (TPSA) is 95.0 Å². The zero-order valence-corrected chi connectivity index (χ0v) is 20.4. The molecule has 8 nitrogen and oxygen atoms in total. The predicted octanol–water partition coefficient (Wildman–Crippen LogP) is 4.38. The van der Waals surface area contributed by atoms with Gasteiger partial charge in [-0.05, 0) is 57.0 Å². The molecule has 0 bridgehead atoms. The van der Waals surface area contributed by atoms with Gasteiger partial charge in [0.05, 0.1) is 12.0 Å². The molecule has 1 aliphatic rings. The maximum Gasteiger partial charge on any atom is 0.341 e. The largest absolute Gasteiger partial charge is 0.462 e. The molecule has 0 N–H and O–H groups in total. The van der Waals surface area contributed by atoms with Gasteiger partial charge in [0.25, 0.3) is 11.5 Å². The minimum Gasteiger partial charge on any atom is -0.462 e. The molecule has 0 spiro atoms. The first-order valence-corrected chi connectivity index (χ1v) is 12.4. The number of hydrogen-bond donors (Lipinski definition) is 0. The second-order valence-corrected chi connectivity index (χ2v) is 9.13. The van der Waals surface area contributed by atoms with E-state index < -0.39 is 11.9 Å². The number of amides is 1. The number of aromatic nitrogens is 3. The van der Waals surface area contributed by atoms with Crippen LogP contribution in [0.1, 0.15) is 71.3 Å². The second kappa shape index (κ2) is 9.89. The Balaban J connectivity index is 1.90. The van der Waals surface area contributed by atoms with Crippen LogP contribution in [0.15, 0.2) is 64.5 Å². The number of benzene rings is 1.